The molecule has 1 unspecified atom stereocenters. The summed E-state index contributed by atoms with van der Waals surface area (Å²) in [6.07, 6.45) is 2.33. The Hall–Kier alpha value is -1.99. The second kappa shape index (κ2) is 14.3. The average Bonchev–Trinajstić information content (AvgIpc) is 3.36. The van der Waals surface area contributed by atoms with Gasteiger partial charge in [-0.05, 0) is 31.7 Å². The van der Waals surface area contributed by atoms with E-state index in [4.69, 9.17) is 14.5 Å². The number of ether oxygens (including phenoxy) is 2. The number of carbonyl (C=O) groups is 1. The third-order valence-electron chi connectivity index (χ3n) is 5.61. The Morgan fingerprint density at radius 3 is 2.55 bits per heavy atom. The SMILES string of the molecule is CCOCCCNC(=NCc1ccc([N+](=O)[O-])cc1)N1CCN(C(=O)C2CCCO2)CC1.I. The van der Waals surface area contributed by atoms with Crippen LogP contribution in [0.15, 0.2) is 29.3 Å². The number of nitrogens with zero attached hydrogens (tertiary/aromatic N) is 4. The smallest absolute Gasteiger partial charge is 0.269 e. The summed E-state index contributed by atoms with van der Waals surface area (Å²) in [6.45, 7) is 7.82. The number of carbonyl (C=O) groups excluding carboxylic acids is 1. The van der Waals surface area contributed by atoms with E-state index in [0.717, 1.165) is 37.3 Å². The molecule has 0 spiro atoms. The number of nitro groups is 1. The number of halogens is 1. The van der Waals surface area contributed by atoms with Crippen LogP contribution in [0, 0.1) is 10.1 Å². The number of nitro benzene ring substituents is 1. The standard InChI is InChI=1S/C22H33N5O5.HI/c1-2-31-15-4-10-23-22(24-17-18-6-8-19(9-7-18)27(29)30)26-13-11-25(12-14-26)21(28)20-5-3-16-32-20;/h6-9,20H,2-5,10-17H2,1H3,(H,23,24);1H. The van der Waals surface area contributed by atoms with Crippen molar-refractivity contribution in [3.8, 4) is 0 Å². The summed E-state index contributed by atoms with van der Waals surface area (Å²) < 4.78 is 10.9. The van der Waals surface area contributed by atoms with Crippen molar-refractivity contribution in [3.63, 3.8) is 0 Å². The molecule has 184 valence electrons. The van der Waals surface area contributed by atoms with Gasteiger partial charge >= 0.3 is 0 Å². The highest BCUT2D eigenvalue weighted by atomic mass is 127. The van der Waals surface area contributed by atoms with E-state index in [1.807, 2.05) is 11.8 Å². The molecular formula is C22H34IN5O5. The minimum atomic E-state index is -0.407. The molecule has 0 radical (unpaired) electrons. The normalized spacial score (nSPS) is 18.7. The molecule has 11 heteroatoms. The monoisotopic (exact) mass is 575 g/mol. The molecule has 10 nitrogen and oxygen atoms in total. The van der Waals surface area contributed by atoms with Gasteiger partial charge in [0, 0.05) is 64.7 Å². The zero-order chi connectivity index (χ0) is 22.8. The van der Waals surface area contributed by atoms with E-state index in [0.29, 0.717) is 52.5 Å². The number of piperazine rings is 1. The van der Waals surface area contributed by atoms with Gasteiger partial charge in [0.2, 0.25) is 0 Å². The summed E-state index contributed by atoms with van der Waals surface area (Å²) in [7, 11) is 0. The summed E-state index contributed by atoms with van der Waals surface area (Å²) in [4.78, 5) is 31.8. The molecule has 3 rings (SSSR count). The van der Waals surface area contributed by atoms with E-state index < -0.39 is 4.92 Å². The second-order valence-electron chi connectivity index (χ2n) is 7.85. The number of hydrogen-bond acceptors (Lipinski definition) is 6. The number of non-ortho nitro benzene ring substituents is 1. The number of benzene rings is 1. The van der Waals surface area contributed by atoms with E-state index in [1.54, 1.807) is 12.1 Å². The van der Waals surface area contributed by atoms with Crippen molar-refractivity contribution in [2.24, 2.45) is 4.99 Å². The molecule has 1 aromatic rings. The fraction of sp³-hybridized carbons (Fsp3) is 0.636. The maximum Gasteiger partial charge on any atom is 0.269 e. The van der Waals surface area contributed by atoms with Gasteiger partial charge < -0.3 is 24.6 Å². The van der Waals surface area contributed by atoms with Gasteiger partial charge in [-0.15, -0.1) is 24.0 Å². The fourth-order valence-corrected chi connectivity index (χ4v) is 3.79. The molecule has 0 saturated carbocycles. The van der Waals surface area contributed by atoms with Crippen molar-refractivity contribution in [1.82, 2.24) is 15.1 Å². The van der Waals surface area contributed by atoms with Gasteiger partial charge in [-0.3, -0.25) is 14.9 Å². The number of guanidine groups is 1. The Morgan fingerprint density at radius 1 is 1.24 bits per heavy atom. The van der Waals surface area contributed by atoms with Crippen molar-refractivity contribution >= 4 is 41.5 Å². The molecule has 1 N–H and O–H groups in total. The number of hydrogen-bond donors (Lipinski definition) is 1. The lowest BCUT2D eigenvalue weighted by atomic mass is 10.2. The lowest BCUT2D eigenvalue weighted by Gasteiger charge is -2.37. The van der Waals surface area contributed by atoms with E-state index >= 15 is 0 Å². The highest BCUT2D eigenvalue weighted by molar-refractivity contribution is 14.0. The molecule has 1 aromatic carbocycles. The van der Waals surface area contributed by atoms with E-state index in [1.165, 1.54) is 12.1 Å². The molecule has 0 bridgehead atoms. The van der Waals surface area contributed by atoms with Crippen molar-refractivity contribution in [2.45, 2.75) is 38.8 Å². The summed E-state index contributed by atoms with van der Waals surface area (Å²) in [5, 5.41) is 14.3. The Morgan fingerprint density at radius 2 is 1.94 bits per heavy atom. The first-order valence-electron chi connectivity index (χ1n) is 11.3. The van der Waals surface area contributed by atoms with Gasteiger partial charge in [0.15, 0.2) is 5.96 Å². The van der Waals surface area contributed by atoms with Gasteiger partial charge in [-0.2, -0.15) is 0 Å². The highest BCUT2D eigenvalue weighted by Gasteiger charge is 2.30. The van der Waals surface area contributed by atoms with Gasteiger partial charge in [-0.25, -0.2) is 4.99 Å². The summed E-state index contributed by atoms with van der Waals surface area (Å²) in [6, 6.07) is 6.45. The first-order chi connectivity index (χ1) is 15.6. The van der Waals surface area contributed by atoms with Crippen molar-refractivity contribution < 1.29 is 19.2 Å². The van der Waals surface area contributed by atoms with Crippen LogP contribution in [0.4, 0.5) is 5.69 Å². The lowest BCUT2D eigenvalue weighted by molar-refractivity contribution is -0.384. The second-order valence-corrected chi connectivity index (χ2v) is 7.85. The molecule has 2 saturated heterocycles. The minimum Gasteiger partial charge on any atom is -0.382 e. The predicted molar refractivity (Wildman–Crippen MR) is 136 cm³/mol. The number of amides is 1. The van der Waals surface area contributed by atoms with Crippen LogP contribution in [-0.4, -0.2) is 85.2 Å². The molecule has 2 aliphatic rings. The lowest BCUT2D eigenvalue weighted by Crippen LogP contribution is -2.55. The third-order valence-corrected chi connectivity index (χ3v) is 5.61. The van der Waals surface area contributed by atoms with Crippen LogP contribution in [-0.2, 0) is 20.8 Å². The molecule has 33 heavy (non-hydrogen) atoms. The maximum absolute atomic E-state index is 12.6. The molecule has 0 aromatic heterocycles. The van der Waals surface area contributed by atoms with Crippen molar-refractivity contribution in [1.29, 1.82) is 0 Å². The van der Waals surface area contributed by atoms with E-state index in [-0.39, 0.29) is 41.7 Å². The van der Waals surface area contributed by atoms with Gasteiger partial charge in [0.25, 0.3) is 11.6 Å². The molecular weight excluding hydrogens is 541 g/mol. The average molecular weight is 575 g/mol. The number of nitrogens with one attached hydrogen (secondary N) is 1. The quantitative estimate of drug-likeness (QED) is 0.120. The Bertz CT molecular complexity index is 778. The van der Waals surface area contributed by atoms with Crippen LogP contribution in [0.25, 0.3) is 0 Å². The largest absolute Gasteiger partial charge is 0.382 e. The first kappa shape index (κ1) is 27.3. The molecule has 2 fully saturated rings. The fourth-order valence-electron chi connectivity index (χ4n) is 3.79. The predicted octanol–water partition coefficient (Wildman–Crippen LogP) is 2.41. The van der Waals surface area contributed by atoms with Crippen molar-refractivity contribution in [2.75, 3.05) is 52.5 Å². The van der Waals surface area contributed by atoms with Crippen LogP contribution in [0.5, 0.6) is 0 Å². The summed E-state index contributed by atoms with van der Waals surface area (Å²) in [5.74, 6) is 0.875. The van der Waals surface area contributed by atoms with Gasteiger partial charge in [0.1, 0.15) is 6.10 Å². The van der Waals surface area contributed by atoms with Gasteiger partial charge in [-0.1, -0.05) is 12.1 Å². The first-order valence-corrected chi connectivity index (χ1v) is 11.3. The Kier molecular flexibility index (Phi) is 11.8. The number of rotatable bonds is 9. The third kappa shape index (κ3) is 8.38. The molecule has 0 aliphatic carbocycles. The van der Waals surface area contributed by atoms with Gasteiger partial charge in [0.05, 0.1) is 11.5 Å². The van der Waals surface area contributed by atoms with Crippen LogP contribution in [0.1, 0.15) is 31.7 Å². The molecule has 2 heterocycles. The minimum absolute atomic E-state index is 0. The zero-order valence-electron chi connectivity index (χ0n) is 19.1. The summed E-state index contributed by atoms with van der Waals surface area (Å²) in [5.41, 5.74) is 0.968. The van der Waals surface area contributed by atoms with Crippen molar-refractivity contribution in [3.05, 3.63) is 39.9 Å². The highest BCUT2D eigenvalue weighted by Crippen LogP contribution is 2.16. The topological polar surface area (TPSA) is 110 Å². The number of aliphatic imine (C=N–C) groups is 1. The Labute approximate surface area is 211 Å². The zero-order valence-corrected chi connectivity index (χ0v) is 21.4. The van der Waals surface area contributed by atoms with Crippen LogP contribution in [0.2, 0.25) is 0 Å². The maximum atomic E-state index is 12.6. The molecule has 1 amide bonds. The van der Waals surface area contributed by atoms with Crippen LogP contribution in [0.3, 0.4) is 0 Å². The molecule has 2 aliphatic heterocycles. The van der Waals surface area contributed by atoms with Crippen LogP contribution >= 0.6 is 24.0 Å². The summed E-state index contributed by atoms with van der Waals surface area (Å²) >= 11 is 0. The van der Waals surface area contributed by atoms with E-state index in [9.17, 15) is 14.9 Å². The molecule has 1 atom stereocenters. The Balaban J connectivity index is 0.00000385. The van der Waals surface area contributed by atoms with E-state index in [2.05, 4.69) is 10.2 Å². The van der Waals surface area contributed by atoms with Crippen LogP contribution < -0.4 is 5.32 Å².